The van der Waals surface area contributed by atoms with Crippen LogP contribution in [0, 0.1) is 0 Å². The Kier molecular flexibility index (Phi) is 6.91. The van der Waals surface area contributed by atoms with E-state index in [2.05, 4.69) is 18.7 Å². The van der Waals surface area contributed by atoms with Crippen molar-refractivity contribution in [1.82, 2.24) is 9.80 Å². The number of fused-ring (bicyclic) bond motifs is 1. The van der Waals surface area contributed by atoms with E-state index in [4.69, 9.17) is 21.1 Å². The van der Waals surface area contributed by atoms with Crippen LogP contribution in [0.2, 0.25) is 5.02 Å². The lowest BCUT2D eigenvalue weighted by molar-refractivity contribution is -0.140. The zero-order valence-electron chi connectivity index (χ0n) is 18.7. The number of amides is 1. The summed E-state index contributed by atoms with van der Waals surface area (Å²) in [6, 6.07) is 11.2. The van der Waals surface area contributed by atoms with Crippen LogP contribution in [0.1, 0.15) is 37.4 Å². The van der Waals surface area contributed by atoms with Gasteiger partial charge in [-0.15, -0.1) is 0 Å². The number of hydrogen-bond acceptors (Lipinski definition) is 6. The lowest BCUT2D eigenvalue weighted by Crippen LogP contribution is -2.33. The molecule has 1 N–H and O–H groups in total. The molecule has 0 aromatic heterocycles. The van der Waals surface area contributed by atoms with E-state index in [9.17, 15) is 14.7 Å². The van der Waals surface area contributed by atoms with Crippen molar-refractivity contribution in [3.8, 4) is 11.5 Å². The maximum Gasteiger partial charge on any atom is 0.295 e. The summed E-state index contributed by atoms with van der Waals surface area (Å²) in [5.41, 5.74) is 1.10. The van der Waals surface area contributed by atoms with Gasteiger partial charge in [-0.05, 0) is 62.0 Å². The molecule has 2 aliphatic heterocycles. The minimum Gasteiger partial charge on any atom is -0.507 e. The Hall–Kier alpha value is -3.03. The number of carbonyl (C=O) groups is 2. The number of halogens is 1. The van der Waals surface area contributed by atoms with Crippen LogP contribution in [0.3, 0.4) is 0 Å². The van der Waals surface area contributed by atoms with E-state index < -0.39 is 17.7 Å². The molecule has 7 nitrogen and oxygen atoms in total. The van der Waals surface area contributed by atoms with Crippen LogP contribution in [0.4, 0.5) is 0 Å². The van der Waals surface area contributed by atoms with Crippen LogP contribution in [0.25, 0.3) is 5.76 Å². The van der Waals surface area contributed by atoms with Gasteiger partial charge in [-0.1, -0.05) is 37.6 Å². The molecule has 8 heteroatoms. The third kappa shape index (κ3) is 4.56. The number of nitrogens with zero attached hydrogens (tertiary/aromatic N) is 2. The second-order valence-electron chi connectivity index (χ2n) is 8.00. The molecular formula is C25H27ClN2O5. The second kappa shape index (κ2) is 9.85. The molecule has 2 aromatic carbocycles. The van der Waals surface area contributed by atoms with E-state index >= 15 is 0 Å². The Balaban J connectivity index is 1.73. The first kappa shape index (κ1) is 23.1. The topological polar surface area (TPSA) is 79.3 Å². The first-order chi connectivity index (χ1) is 15.9. The zero-order chi connectivity index (χ0) is 23.5. The fourth-order valence-corrected chi connectivity index (χ4v) is 4.54. The smallest absolute Gasteiger partial charge is 0.295 e. The summed E-state index contributed by atoms with van der Waals surface area (Å²) in [7, 11) is 0. The molecule has 1 atom stereocenters. The zero-order valence-corrected chi connectivity index (χ0v) is 19.5. The van der Waals surface area contributed by atoms with E-state index in [1.54, 1.807) is 36.4 Å². The van der Waals surface area contributed by atoms with Crippen molar-refractivity contribution in [2.75, 3.05) is 33.0 Å². The predicted octanol–water partition coefficient (Wildman–Crippen LogP) is 4.22. The van der Waals surface area contributed by atoms with Gasteiger partial charge in [0.1, 0.15) is 5.76 Å². The molecule has 1 amide bonds. The third-order valence-corrected chi connectivity index (χ3v) is 6.35. The number of carbonyl (C=O) groups excluding carboxylic acids is 2. The summed E-state index contributed by atoms with van der Waals surface area (Å²) in [5.74, 6) is -0.538. The van der Waals surface area contributed by atoms with Gasteiger partial charge in [0.25, 0.3) is 11.7 Å². The summed E-state index contributed by atoms with van der Waals surface area (Å²) >= 11 is 6.23. The summed E-state index contributed by atoms with van der Waals surface area (Å²) < 4.78 is 10.7. The van der Waals surface area contributed by atoms with E-state index in [0.717, 1.165) is 19.6 Å². The molecule has 1 unspecified atom stereocenters. The van der Waals surface area contributed by atoms with Gasteiger partial charge >= 0.3 is 0 Å². The van der Waals surface area contributed by atoms with E-state index in [1.165, 1.54) is 4.90 Å². The van der Waals surface area contributed by atoms with Crippen molar-refractivity contribution in [2.24, 2.45) is 0 Å². The van der Waals surface area contributed by atoms with Gasteiger partial charge in [0.2, 0.25) is 6.79 Å². The summed E-state index contributed by atoms with van der Waals surface area (Å²) in [6.07, 6.45) is 0.704. The maximum absolute atomic E-state index is 13.1. The summed E-state index contributed by atoms with van der Waals surface area (Å²) in [6.45, 7) is 7.30. The van der Waals surface area contributed by atoms with E-state index in [-0.39, 0.29) is 18.1 Å². The number of Topliss-reactive ketones (excluding diaryl/α,β-unsaturated/α-hetero) is 1. The van der Waals surface area contributed by atoms with Gasteiger partial charge in [0, 0.05) is 17.1 Å². The first-order valence-corrected chi connectivity index (χ1v) is 11.5. The number of hydrogen-bond donors (Lipinski definition) is 1. The van der Waals surface area contributed by atoms with E-state index in [0.29, 0.717) is 40.6 Å². The Morgan fingerprint density at radius 3 is 2.61 bits per heavy atom. The van der Waals surface area contributed by atoms with Crippen LogP contribution in [0.5, 0.6) is 11.5 Å². The lowest BCUT2D eigenvalue weighted by atomic mass is 9.95. The van der Waals surface area contributed by atoms with Crippen molar-refractivity contribution in [3.63, 3.8) is 0 Å². The van der Waals surface area contributed by atoms with Gasteiger partial charge in [0.05, 0.1) is 11.6 Å². The molecule has 0 aliphatic carbocycles. The largest absolute Gasteiger partial charge is 0.507 e. The van der Waals surface area contributed by atoms with Crippen molar-refractivity contribution in [3.05, 3.63) is 64.2 Å². The molecule has 0 saturated carbocycles. The van der Waals surface area contributed by atoms with Gasteiger partial charge in [0.15, 0.2) is 11.5 Å². The molecule has 33 heavy (non-hydrogen) atoms. The quantitative estimate of drug-likeness (QED) is 0.353. The number of aliphatic hydroxyl groups excluding tert-OH is 1. The van der Waals surface area contributed by atoms with E-state index in [1.807, 2.05) is 6.07 Å². The minimum absolute atomic E-state index is 0.0453. The highest BCUT2D eigenvalue weighted by Gasteiger charge is 2.46. The van der Waals surface area contributed by atoms with Crippen LogP contribution < -0.4 is 9.47 Å². The highest BCUT2D eigenvalue weighted by molar-refractivity contribution is 6.46. The molecule has 0 radical (unpaired) electrons. The van der Waals surface area contributed by atoms with Crippen LogP contribution in [-0.2, 0) is 9.59 Å². The first-order valence-electron chi connectivity index (χ1n) is 11.1. The van der Waals surface area contributed by atoms with Crippen LogP contribution >= 0.6 is 11.6 Å². The fraction of sp³-hybridized carbons (Fsp3) is 0.360. The SMILES string of the molecule is CCN(CC)CCCN1C(=O)C(=O)C(=C(O)c2ccc3c(c2)OCO3)C1c1cccc(Cl)c1. The van der Waals surface area contributed by atoms with Crippen molar-refractivity contribution >= 4 is 29.1 Å². The molecule has 1 saturated heterocycles. The molecule has 1 fully saturated rings. The maximum atomic E-state index is 13.1. The number of ether oxygens (including phenoxy) is 2. The third-order valence-electron chi connectivity index (χ3n) is 6.12. The number of aliphatic hydroxyl groups is 1. The molecule has 4 rings (SSSR count). The Bertz CT molecular complexity index is 1100. The van der Waals surface area contributed by atoms with Gasteiger partial charge in [-0.25, -0.2) is 0 Å². The highest BCUT2D eigenvalue weighted by atomic mass is 35.5. The number of likely N-dealkylation sites (tertiary alicyclic amines) is 1. The average molecular weight is 471 g/mol. The fourth-order valence-electron chi connectivity index (χ4n) is 4.34. The predicted molar refractivity (Wildman–Crippen MR) is 125 cm³/mol. The normalized spacial score (nSPS) is 19.0. The molecule has 174 valence electrons. The van der Waals surface area contributed by atoms with Crippen molar-refractivity contribution < 1.29 is 24.2 Å². The van der Waals surface area contributed by atoms with Crippen molar-refractivity contribution in [2.45, 2.75) is 26.3 Å². The molecule has 2 aliphatic rings. The second-order valence-corrected chi connectivity index (χ2v) is 8.43. The number of rotatable bonds is 8. The molecular weight excluding hydrogens is 444 g/mol. The standard InChI is InChI=1S/C25H27ClN2O5/c1-3-27(4-2)11-6-12-28-22(16-7-5-8-18(26)13-16)21(24(30)25(28)31)23(29)17-9-10-19-20(14-17)33-15-32-19/h5,7-10,13-14,22,29H,3-4,6,11-12,15H2,1-2H3. The van der Waals surface area contributed by atoms with Gasteiger partial charge in [-0.3, -0.25) is 9.59 Å². The molecule has 0 bridgehead atoms. The van der Waals surface area contributed by atoms with Crippen LogP contribution in [0.15, 0.2) is 48.0 Å². The molecule has 2 heterocycles. The minimum atomic E-state index is -0.731. The Morgan fingerprint density at radius 2 is 1.88 bits per heavy atom. The Morgan fingerprint density at radius 1 is 1.12 bits per heavy atom. The van der Waals surface area contributed by atoms with Crippen molar-refractivity contribution in [1.29, 1.82) is 0 Å². The molecule has 2 aromatic rings. The molecule has 0 spiro atoms. The number of benzene rings is 2. The number of ketones is 1. The summed E-state index contributed by atoms with van der Waals surface area (Å²) in [4.78, 5) is 30.0. The highest BCUT2D eigenvalue weighted by Crippen LogP contribution is 2.41. The Labute approximate surface area is 198 Å². The lowest BCUT2D eigenvalue weighted by Gasteiger charge is -2.27. The van der Waals surface area contributed by atoms with Crippen LogP contribution in [-0.4, -0.2) is 59.6 Å². The van der Waals surface area contributed by atoms with Gasteiger partial charge < -0.3 is 24.4 Å². The monoisotopic (exact) mass is 470 g/mol. The summed E-state index contributed by atoms with van der Waals surface area (Å²) in [5, 5.41) is 11.7. The average Bonchev–Trinajstić information content (AvgIpc) is 3.39. The van der Waals surface area contributed by atoms with Gasteiger partial charge in [-0.2, -0.15) is 0 Å².